The largest absolute Gasteiger partial charge is 0.480 e. The van der Waals surface area contributed by atoms with E-state index in [1.165, 1.54) is 47.8 Å². The summed E-state index contributed by atoms with van der Waals surface area (Å²) in [5.41, 5.74) is 0.817. The SMILES string of the molecule is CSCC[C@H](NS(=O)(=O)c1ccc2c(c1)C(=O)c1cc(S(=O)(=O)N[C@@H](CCSC)C(=O)O)ccc1-2)C(=O)O. The Morgan fingerprint density at radius 2 is 1.11 bits per heavy atom. The van der Waals surface area contributed by atoms with Gasteiger partial charge in [0.1, 0.15) is 12.1 Å². The molecule has 0 unspecified atom stereocenters. The molecule has 1 aliphatic rings. The fourth-order valence-electron chi connectivity index (χ4n) is 3.82. The average molecular weight is 603 g/mol. The Balaban J connectivity index is 1.91. The molecular formula is C23H26N2O9S4. The van der Waals surface area contributed by atoms with Crippen LogP contribution in [0, 0.1) is 0 Å². The van der Waals surface area contributed by atoms with Crippen molar-refractivity contribution < 1.29 is 41.4 Å². The molecule has 15 heteroatoms. The second-order valence-electron chi connectivity index (χ2n) is 8.33. The van der Waals surface area contributed by atoms with Crippen molar-refractivity contribution in [3.63, 3.8) is 0 Å². The molecule has 2 atom stereocenters. The molecule has 38 heavy (non-hydrogen) atoms. The molecule has 0 bridgehead atoms. The first kappa shape index (κ1) is 30.1. The van der Waals surface area contributed by atoms with Crippen molar-refractivity contribution in [2.24, 2.45) is 0 Å². The van der Waals surface area contributed by atoms with E-state index in [0.717, 1.165) is 12.1 Å². The van der Waals surface area contributed by atoms with Crippen LogP contribution in [-0.4, -0.2) is 80.9 Å². The standard InChI is InChI=1S/C23H26N2O9S4/c1-35-9-7-19(22(27)28)24-37(31,32)13-3-5-15-16-6-4-14(12-18(16)21(26)17(15)11-13)38(33,34)25-20(23(29)30)8-10-36-2/h3-6,11-12,19-20,24-25H,7-10H2,1-2H3,(H,27,28)(H,29,30)/t19-,20-/m0/s1. The van der Waals surface area contributed by atoms with Crippen LogP contribution < -0.4 is 9.44 Å². The van der Waals surface area contributed by atoms with Crippen LogP contribution in [0.15, 0.2) is 46.2 Å². The summed E-state index contributed by atoms with van der Waals surface area (Å²) < 4.78 is 55.8. The van der Waals surface area contributed by atoms with Crippen LogP contribution in [0.1, 0.15) is 28.8 Å². The first-order valence-corrected chi connectivity index (χ1v) is 16.9. The number of rotatable bonds is 14. The number of sulfonamides is 2. The third kappa shape index (κ3) is 6.58. The Morgan fingerprint density at radius 1 is 0.737 bits per heavy atom. The quantitative estimate of drug-likeness (QED) is 0.211. The third-order valence-electron chi connectivity index (χ3n) is 5.79. The molecule has 1 aliphatic carbocycles. The molecule has 0 amide bonds. The van der Waals surface area contributed by atoms with Crippen LogP contribution in [-0.2, 0) is 29.6 Å². The van der Waals surface area contributed by atoms with Crippen molar-refractivity contribution in [1.82, 2.24) is 9.44 Å². The summed E-state index contributed by atoms with van der Waals surface area (Å²) in [6.45, 7) is 0. The molecule has 0 aliphatic heterocycles. The zero-order chi connectivity index (χ0) is 28.3. The molecule has 2 aromatic rings. The lowest BCUT2D eigenvalue weighted by atomic mass is 10.1. The van der Waals surface area contributed by atoms with E-state index < -0.39 is 49.9 Å². The topological polar surface area (TPSA) is 184 Å². The van der Waals surface area contributed by atoms with Crippen molar-refractivity contribution in [3.05, 3.63) is 47.5 Å². The number of fused-ring (bicyclic) bond motifs is 3. The molecule has 4 N–H and O–H groups in total. The van der Waals surface area contributed by atoms with Gasteiger partial charge in [-0.3, -0.25) is 14.4 Å². The van der Waals surface area contributed by atoms with Crippen LogP contribution in [0.4, 0.5) is 0 Å². The predicted octanol–water partition coefficient (Wildman–Crippen LogP) is 1.87. The molecule has 0 heterocycles. The minimum absolute atomic E-state index is 0.0183. The molecule has 0 radical (unpaired) electrons. The lowest BCUT2D eigenvalue weighted by Crippen LogP contribution is -2.41. The van der Waals surface area contributed by atoms with Gasteiger partial charge in [0.15, 0.2) is 5.78 Å². The zero-order valence-corrected chi connectivity index (χ0v) is 23.6. The Kier molecular flexibility index (Phi) is 9.65. The Labute approximate surface area is 228 Å². The zero-order valence-electron chi connectivity index (χ0n) is 20.3. The van der Waals surface area contributed by atoms with Gasteiger partial charge in [-0.15, -0.1) is 0 Å². The molecule has 206 valence electrons. The Hall–Kier alpha value is -2.43. The van der Waals surface area contributed by atoms with Gasteiger partial charge in [-0.2, -0.15) is 33.0 Å². The number of benzene rings is 2. The second-order valence-corrected chi connectivity index (χ2v) is 13.7. The van der Waals surface area contributed by atoms with E-state index in [4.69, 9.17) is 0 Å². The summed E-state index contributed by atoms with van der Waals surface area (Å²) in [5, 5.41) is 18.7. The van der Waals surface area contributed by atoms with Gasteiger partial charge in [-0.25, -0.2) is 16.8 Å². The molecule has 0 saturated carbocycles. The van der Waals surface area contributed by atoms with Crippen LogP contribution in [0.5, 0.6) is 0 Å². The number of aliphatic carboxylic acids is 2. The van der Waals surface area contributed by atoms with Crippen molar-refractivity contribution in [2.75, 3.05) is 24.0 Å². The fraction of sp³-hybridized carbons (Fsp3) is 0.348. The van der Waals surface area contributed by atoms with Crippen LogP contribution >= 0.6 is 23.5 Å². The van der Waals surface area contributed by atoms with Crippen molar-refractivity contribution in [2.45, 2.75) is 34.7 Å². The molecule has 0 saturated heterocycles. The number of nitrogens with one attached hydrogen (secondary N) is 2. The minimum atomic E-state index is -4.28. The maximum absolute atomic E-state index is 13.2. The van der Waals surface area contributed by atoms with Gasteiger partial charge in [-0.05, 0) is 72.3 Å². The molecule has 0 fully saturated rings. The number of ketones is 1. The Morgan fingerprint density at radius 3 is 1.42 bits per heavy atom. The van der Waals surface area contributed by atoms with E-state index in [1.807, 2.05) is 0 Å². The first-order valence-electron chi connectivity index (χ1n) is 11.1. The summed E-state index contributed by atoms with van der Waals surface area (Å²) in [6.07, 6.45) is 3.66. The lowest BCUT2D eigenvalue weighted by Gasteiger charge is -2.15. The smallest absolute Gasteiger partial charge is 0.321 e. The molecule has 3 rings (SSSR count). The highest BCUT2D eigenvalue weighted by molar-refractivity contribution is 7.98. The van der Waals surface area contributed by atoms with Gasteiger partial charge >= 0.3 is 11.9 Å². The van der Waals surface area contributed by atoms with E-state index in [2.05, 4.69) is 9.44 Å². The normalized spacial score (nSPS) is 14.5. The molecule has 0 aromatic heterocycles. The van der Waals surface area contributed by atoms with Gasteiger partial charge in [0.25, 0.3) is 0 Å². The second kappa shape index (κ2) is 12.2. The highest BCUT2D eigenvalue weighted by Gasteiger charge is 2.33. The highest BCUT2D eigenvalue weighted by Crippen LogP contribution is 2.38. The van der Waals surface area contributed by atoms with E-state index in [9.17, 15) is 41.4 Å². The molecule has 2 aromatic carbocycles. The van der Waals surface area contributed by atoms with Gasteiger partial charge in [-0.1, -0.05) is 12.1 Å². The van der Waals surface area contributed by atoms with E-state index in [0.29, 0.717) is 22.6 Å². The summed E-state index contributed by atoms with van der Waals surface area (Å²) in [5.74, 6) is -2.43. The minimum Gasteiger partial charge on any atom is -0.480 e. The Bertz CT molecular complexity index is 1360. The number of hydrogen-bond donors (Lipinski definition) is 4. The van der Waals surface area contributed by atoms with Gasteiger partial charge in [0.05, 0.1) is 9.79 Å². The number of carbonyl (C=O) groups excluding carboxylic acids is 1. The summed E-state index contributed by atoms with van der Waals surface area (Å²) in [7, 11) is -8.57. The monoisotopic (exact) mass is 602 g/mol. The van der Waals surface area contributed by atoms with Crippen LogP contribution in [0.2, 0.25) is 0 Å². The van der Waals surface area contributed by atoms with Gasteiger partial charge in [0, 0.05) is 11.1 Å². The average Bonchev–Trinajstić information content (AvgIpc) is 3.14. The van der Waals surface area contributed by atoms with E-state index in [1.54, 1.807) is 12.5 Å². The third-order valence-corrected chi connectivity index (χ3v) is 10.0. The summed E-state index contributed by atoms with van der Waals surface area (Å²) >= 11 is 2.74. The van der Waals surface area contributed by atoms with E-state index >= 15 is 0 Å². The molecule has 11 nitrogen and oxygen atoms in total. The number of hydrogen-bond acceptors (Lipinski definition) is 9. The van der Waals surface area contributed by atoms with Crippen molar-refractivity contribution in [3.8, 4) is 11.1 Å². The number of carboxylic acids is 2. The number of carbonyl (C=O) groups is 3. The fourth-order valence-corrected chi connectivity index (χ4v) is 7.26. The summed E-state index contributed by atoms with van der Waals surface area (Å²) in [4.78, 5) is 35.5. The van der Waals surface area contributed by atoms with E-state index in [-0.39, 0.29) is 33.8 Å². The maximum Gasteiger partial charge on any atom is 0.321 e. The predicted molar refractivity (Wildman–Crippen MR) is 145 cm³/mol. The van der Waals surface area contributed by atoms with Gasteiger partial charge in [0.2, 0.25) is 20.0 Å². The first-order chi connectivity index (χ1) is 17.8. The maximum atomic E-state index is 13.2. The van der Waals surface area contributed by atoms with Crippen molar-refractivity contribution >= 4 is 61.3 Å². The van der Waals surface area contributed by atoms with Crippen LogP contribution in [0.3, 0.4) is 0 Å². The molecular weight excluding hydrogens is 577 g/mol. The highest BCUT2D eigenvalue weighted by atomic mass is 32.2. The lowest BCUT2D eigenvalue weighted by molar-refractivity contribution is -0.139. The molecule has 0 spiro atoms. The summed E-state index contributed by atoms with van der Waals surface area (Å²) in [6, 6.07) is 4.85. The number of carboxylic acid groups (broad SMARTS) is 2. The van der Waals surface area contributed by atoms with Crippen molar-refractivity contribution in [1.29, 1.82) is 0 Å². The van der Waals surface area contributed by atoms with Gasteiger partial charge < -0.3 is 10.2 Å². The number of thioether (sulfide) groups is 2. The van der Waals surface area contributed by atoms with Crippen LogP contribution in [0.25, 0.3) is 11.1 Å².